The van der Waals surface area contributed by atoms with E-state index < -0.39 is 0 Å². The van der Waals surface area contributed by atoms with E-state index in [1.165, 1.54) is 11.3 Å². The third kappa shape index (κ3) is 2.19. The quantitative estimate of drug-likeness (QED) is 0.911. The molecule has 1 N–H and O–H groups in total. The number of hydrogen-bond donors (Lipinski definition) is 1. The lowest BCUT2D eigenvalue weighted by molar-refractivity contribution is 0.404. The fourth-order valence-electron chi connectivity index (χ4n) is 1.48. The topological polar surface area (TPSA) is 51.6 Å². The van der Waals surface area contributed by atoms with Gasteiger partial charge in [-0.1, -0.05) is 11.3 Å². The molecule has 2 aromatic rings. The van der Waals surface area contributed by atoms with Crippen molar-refractivity contribution in [1.82, 2.24) is 4.98 Å². The van der Waals surface area contributed by atoms with Crippen LogP contribution in [0.1, 0.15) is 5.69 Å². The third-order valence-corrected chi connectivity index (χ3v) is 3.40. The summed E-state index contributed by atoms with van der Waals surface area (Å²) in [4.78, 5) is 4.30. The zero-order valence-corrected chi connectivity index (χ0v) is 10.7. The van der Waals surface area contributed by atoms with Crippen molar-refractivity contribution in [1.29, 1.82) is 0 Å². The molecule has 0 bridgehead atoms. The van der Waals surface area contributed by atoms with Crippen LogP contribution < -0.4 is 9.47 Å². The predicted octanol–water partition coefficient (Wildman–Crippen LogP) is 2.84. The Labute approximate surface area is 103 Å². The molecule has 2 rings (SSSR count). The molecule has 0 saturated heterocycles. The zero-order valence-electron chi connectivity index (χ0n) is 9.85. The van der Waals surface area contributed by atoms with Gasteiger partial charge in [-0.3, -0.25) is 0 Å². The summed E-state index contributed by atoms with van der Waals surface area (Å²) in [6.07, 6.45) is 0. The number of thiazole rings is 1. The van der Waals surface area contributed by atoms with Crippen LogP contribution in [0, 0.1) is 6.92 Å². The Morgan fingerprint density at radius 1 is 1.24 bits per heavy atom. The predicted molar refractivity (Wildman–Crippen MR) is 67.1 cm³/mol. The number of aromatic hydroxyl groups is 1. The fraction of sp³-hybridized carbons (Fsp3) is 0.250. The van der Waals surface area contributed by atoms with Crippen LogP contribution in [0.25, 0.3) is 10.6 Å². The van der Waals surface area contributed by atoms with Gasteiger partial charge in [-0.05, 0) is 25.1 Å². The molecule has 5 heteroatoms. The minimum Gasteiger partial charge on any atom is -0.498 e. The van der Waals surface area contributed by atoms with Crippen molar-refractivity contribution >= 4 is 11.3 Å². The summed E-state index contributed by atoms with van der Waals surface area (Å²) < 4.78 is 10.4. The number of aryl methyl sites for hydroxylation is 1. The first-order valence-corrected chi connectivity index (χ1v) is 5.86. The summed E-state index contributed by atoms with van der Waals surface area (Å²) in [5.74, 6) is 1.44. The van der Waals surface area contributed by atoms with Gasteiger partial charge in [0.25, 0.3) is 0 Å². The molecule has 90 valence electrons. The number of benzene rings is 1. The summed E-state index contributed by atoms with van der Waals surface area (Å²) in [7, 11) is 3.21. The molecule has 1 aromatic carbocycles. The number of hydrogen-bond acceptors (Lipinski definition) is 5. The first kappa shape index (κ1) is 11.7. The van der Waals surface area contributed by atoms with Crippen LogP contribution in [-0.2, 0) is 0 Å². The number of rotatable bonds is 3. The lowest BCUT2D eigenvalue weighted by Gasteiger charge is -2.07. The molecule has 0 amide bonds. The van der Waals surface area contributed by atoms with Gasteiger partial charge in [-0.2, -0.15) is 0 Å². The van der Waals surface area contributed by atoms with Crippen LogP contribution in [0.15, 0.2) is 18.2 Å². The molecule has 0 unspecified atom stereocenters. The molecule has 0 fully saturated rings. The second-order valence-corrected chi connectivity index (χ2v) is 4.45. The molecule has 1 heterocycles. The van der Waals surface area contributed by atoms with Crippen molar-refractivity contribution in [2.24, 2.45) is 0 Å². The van der Waals surface area contributed by atoms with Gasteiger partial charge in [-0.25, -0.2) is 4.98 Å². The van der Waals surface area contributed by atoms with Gasteiger partial charge in [0.05, 0.1) is 25.5 Å². The highest BCUT2D eigenvalue weighted by molar-refractivity contribution is 7.16. The normalized spacial score (nSPS) is 10.3. The van der Waals surface area contributed by atoms with Crippen molar-refractivity contribution < 1.29 is 14.6 Å². The molecule has 4 nitrogen and oxygen atoms in total. The van der Waals surface area contributed by atoms with E-state index in [1.54, 1.807) is 21.1 Å². The SMILES string of the molecule is COc1ccc(OC)c(-c2nc(C)c(O)s2)c1. The number of nitrogens with zero attached hydrogens (tertiary/aromatic N) is 1. The second-order valence-electron chi connectivity index (χ2n) is 3.48. The van der Waals surface area contributed by atoms with Crippen molar-refractivity contribution in [3.8, 4) is 27.1 Å². The summed E-state index contributed by atoms with van der Waals surface area (Å²) in [5.41, 5.74) is 1.44. The Bertz CT molecular complexity index is 517. The average Bonchev–Trinajstić information content (AvgIpc) is 2.68. The average molecular weight is 251 g/mol. The monoisotopic (exact) mass is 251 g/mol. The minimum absolute atomic E-state index is 0.227. The first-order chi connectivity index (χ1) is 8.15. The Kier molecular flexibility index (Phi) is 3.19. The molecule has 17 heavy (non-hydrogen) atoms. The van der Waals surface area contributed by atoms with Crippen molar-refractivity contribution in [3.05, 3.63) is 23.9 Å². The molecule has 0 spiro atoms. The minimum atomic E-state index is 0.227. The van der Waals surface area contributed by atoms with Crippen LogP contribution in [0.5, 0.6) is 16.6 Å². The standard InChI is InChI=1S/C12H13NO3S/c1-7-12(14)17-11(13-7)9-6-8(15-2)4-5-10(9)16-3/h4-6,14H,1-3H3. The number of aromatic nitrogens is 1. The van der Waals surface area contributed by atoms with Crippen LogP contribution in [0.3, 0.4) is 0 Å². The van der Waals surface area contributed by atoms with Crippen molar-refractivity contribution in [2.75, 3.05) is 14.2 Å². The lowest BCUT2D eigenvalue weighted by atomic mass is 10.2. The molecule has 0 aliphatic rings. The van der Waals surface area contributed by atoms with Gasteiger partial charge >= 0.3 is 0 Å². The van der Waals surface area contributed by atoms with Crippen molar-refractivity contribution in [2.45, 2.75) is 6.92 Å². The van der Waals surface area contributed by atoms with E-state index in [0.717, 1.165) is 16.3 Å². The van der Waals surface area contributed by atoms with E-state index in [9.17, 15) is 5.11 Å². The number of ether oxygens (including phenoxy) is 2. The van der Waals surface area contributed by atoms with E-state index in [2.05, 4.69) is 4.98 Å². The van der Waals surface area contributed by atoms with Gasteiger partial charge < -0.3 is 14.6 Å². The highest BCUT2D eigenvalue weighted by Gasteiger charge is 2.13. The molecule has 0 atom stereocenters. The molecule has 0 aliphatic heterocycles. The first-order valence-electron chi connectivity index (χ1n) is 5.04. The van der Waals surface area contributed by atoms with Crippen LogP contribution in [0.4, 0.5) is 0 Å². The van der Waals surface area contributed by atoms with Crippen LogP contribution >= 0.6 is 11.3 Å². The fourth-order valence-corrected chi connectivity index (χ4v) is 2.31. The highest BCUT2D eigenvalue weighted by Crippen LogP contribution is 2.38. The highest BCUT2D eigenvalue weighted by atomic mass is 32.1. The molecular weight excluding hydrogens is 238 g/mol. The van der Waals surface area contributed by atoms with Gasteiger partial charge in [0.1, 0.15) is 16.5 Å². The molecule has 1 aromatic heterocycles. The summed E-state index contributed by atoms with van der Waals surface area (Å²) in [5, 5.41) is 10.5. The zero-order chi connectivity index (χ0) is 12.4. The van der Waals surface area contributed by atoms with Gasteiger partial charge in [0, 0.05) is 0 Å². The Morgan fingerprint density at radius 3 is 2.53 bits per heavy atom. The van der Waals surface area contributed by atoms with Crippen LogP contribution in [0.2, 0.25) is 0 Å². The maximum Gasteiger partial charge on any atom is 0.195 e. The number of methoxy groups -OCH3 is 2. The van der Waals surface area contributed by atoms with Gasteiger partial charge in [-0.15, -0.1) is 0 Å². The molecular formula is C12H13NO3S. The largest absolute Gasteiger partial charge is 0.498 e. The summed E-state index contributed by atoms with van der Waals surface area (Å²) >= 11 is 1.23. The van der Waals surface area contributed by atoms with Gasteiger partial charge in [0.2, 0.25) is 0 Å². The summed E-state index contributed by atoms with van der Waals surface area (Å²) in [6.45, 7) is 1.77. The second kappa shape index (κ2) is 4.63. The molecule has 0 radical (unpaired) electrons. The van der Waals surface area contributed by atoms with Gasteiger partial charge in [0.15, 0.2) is 5.06 Å². The maximum atomic E-state index is 9.58. The van der Waals surface area contributed by atoms with E-state index >= 15 is 0 Å². The smallest absolute Gasteiger partial charge is 0.195 e. The van der Waals surface area contributed by atoms with Crippen molar-refractivity contribution in [3.63, 3.8) is 0 Å². The Morgan fingerprint density at radius 2 is 2.00 bits per heavy atom. The Balaban J connectivity index is 2.55. The van der Waals surface area contributed by atoms with E-state index in [-0.39, 0.29) is 5.06 Å². The Hall–Kier alpha value is -1.75. The summed E-state index contributed by atoms with van der Waals surface area (Å²) in [6, 6.07) is 5.49. The maximum absolute atomic E-state index is 9.58. The molecule has 0 aliphatic carbocycles. The van der Waals surface area contributed by atoms with E-state index in [4.69, 9.17) is 9.47 Å². The van der Waals surface area contributed by atoms with Crippen LogP contribution in [-0.4, -0.2) is 24.3 Å². The van der Waals surface area contributed by atoms with E-state index in [1.807, 2.05) is 18.2 Å². The third-order valence-electron chi connectivity index (χ3n) is 2.41. The van der Waals surface area contributed by atoms with E-state index in [0.29, 0.717) is 11.4 Å². The lowest BCUT2D eigenvalue weighted by Crippen LogP contribution is -1.90. The molecule has 0 saturated carbocycles.